The van der Waals surface area contributed by atoms with Gasteiger partial charge in [-0.25, -0.2) is 9.36 Å². The van der Waals surface area contributed by atoms with E-state index >= 15 is 0 Å². The molecule has 3 aromatic rings. The Bertz CT molecular complexity index is 1590. The Labute approximate surface area is 219 Å². The molecule has 0 aliphatic carbocycles. The van der Waals surface area contributed by atoms with Crippen molar-refractivity contribution in [3.63, 3.8) is 0 Å². The molecule has 0 spiro atoms. The fourth-order valence-corrected chi connectivity index (χ4v) is 5.52. The third kappa shape index (κ3) is 5.58. The van der Waals surface area contributed by atoms with E-state index < -0.39 is 73.9 Å². The van der Waals surface area contributed by atoms with Crippen molar-refractivity contribution >= 4 is 24.5 Å². The predicted molar refractivity (Wildman–Crippen MR) is 135 cm³/mol. The number of carbonyl (C=O) groups is 1. The van der Waals surface area contributed by atoms with Crippen LogP contribution in [-0.4, -0.2) is 63.3 Å². The number of rotatable bonds is 9. The van der Waals surface area contributed by atoms with E-state index in [1.807, 2.05) is 17.1 Å². The number of carbonyl (C=O) groups excluding carboxylic acids is 1. The molecule has 204 valence electrons. The summed E-state index contributed by atoms with van der Waals surface area (Å²) in [6, 6.07) is 10.1. The molecule has 2 heterocycles. The van der Waals surface area contributed by atoms with E-state index in [2.05, 4.69) is 9.82 Å². The van der Waals surface area contributed by atoms with Gasteiger partial charge in [0.25, 0.3) is 5.56 Å². The van der Waals surface area contributed by atoms with Gasteiger partial charge in [0.15, 0.2) is 6.23 Å². The van der Waals surface area contributed by atoms with E-state index in [1.165, 1.54) is 6.92 Å². The molecule has 38 heavy (non-hydrogen) atoms. The minimum absolute atomic E-state index is 0.158. The minimum atomic E-state index is -4.42. The summed E-state index contributed by atoms with van der Waals surface area (Å²) in [7, 11) is -3.28. The summed E-state index contributed by atoms with van der Waals surface area (Å²) in [4.78, 5) is 38.0. The van der Waals surface area contributed by atoms with Gasteiger partial charge in [0.05, 0.1) is 16.5 Å². The summed E-state index contributed by atoms with van der Waals surface area (Å²) < 4.78 is 51.8. The summed E-state index contributed by atoms with van der Waals surface area (Å²) in [5.74, 6) is -0.609. The van der Waals surface area contributed by atoms with Crippen LogP contribution in [0.1, 0.15) is 22.8 Å². The maximum absolute atomic E-state index is 13.9. The first-order chi connectivity index (χ1) is 18.8. The van der Waals surface area contributed by atoms with Gasteiger partial charge in [0.1, 0.15) is 29.6 Å². The Morgan fingerprint density at radius 1 is 1.32 bits per heavy atom. The second-order valence-electron chi connectivity index (χ2n) is 8.80. The first-order valence-corrected chi connectivity index (χ1v) is 13.0. The predicted octanol–water partition coefficient (Wildman–Crippen LogP) is 1.05. The van der Waals surface area contributed by atoms with E-state index in [0.717, 1.165) is 19.4 Å². The molecule has 0 amide bonds. The fourth-order valence-electron chi connectivity index (χ4n) is 4.00. The lowest BCUT2D eigenvalue weighted by molar-refractivity contribution is -0.142. The fraction of sp³-hybridized carbons (Fsp3) is 0.375. The SMILES string of the molecule is [2H]c1c([2H])n([C@@H]2O[C@H](COP(=O)(NC(C)C(=O)OC)Oc3cccc4ccccc34)[C@@H](O)[C@@]2(C)O)c(=O)[nH]c1=O. The number of hydrogen-bond acceptors (Lipinski definition) is 10. The van der Waals surface area contributed by atoms with Crippen molar-refractivity contribution in [1.82, 2.24) is 14.6 Å². The molecule has 2 aromatic carbocycles. The molecule has 1 aromatic heterocycles. The number of methoxy groups -OCH3 is 1. The van der Waals surface area contributed by atoms with Crippen LogP contribution < -0.4 is 20.9 Å². The topological polar surface area (TPSA) is 178 Å². The Morgan fingerprint density at radius 3 is 2.76 bits per heavy atom. The Morgan fingerprint density at radius 2 is 2.03 bits per heavy atom. The number of fused-ring (bicyclic) bond motifs is 1. The molecule has 0 saturated carbocycles. The number of ether oxygens (including phenoxy) is 2. The molecule has 4 rings (SSSR count). The normalized spacial score (nSPS) is 26.3. The highest BCUT2D eigenvalue weighted by Gasteiger charge is 2.54. The van der Waals surface area contributed by atoms with Gasteiger partial charge in [0.2, 0.25) is 0 Å². The van der Waals surface area contributed by atoms with E-state index in [0.29, 0.717) is 9.95 Å². The highest BCUT2D eigenvalue weighted by atomic mass is 31.2. The minimum Gasteiger partial charge on any atom is -0.468 e. The highest BCUT2D eigenvalue weighted by molar-refractivity contribution is 7.52. The smallest absolute Gasteiger partial charge is 0.459 e. The molecular formula is C24H28N3O10P. The van der Waals surface area contributed by atoms with Crippen LogP contribution in [0.3, 0.4) is 0 Å². The third-order valence-electron chi connectivity index (χ3n) is 6.00. The number of aliphatic hydroxyl groups is 2. The van der Waals surface area contributed by atoms with Gasteiger partial charge in [-0.3, -0.25) is 23.7 Å². The van der Waals surface area contributed by atoms with Gasteiger partial charge >= 0.3 is 19.4 Å². The molecule has 0 radical (unpaired) electrons. The first-order valence-electron chi connectivity index (χ1n) is 12.4. The number of esters is 1. The van der Waals surface area contributed by atoms with Crippen molar-refractivity contribution < 1.29 is 40.8 Å². The molecule has 4 N–H and O–H groups in total. The van der Waals surface area contributed by atoms with Gasteiger partial charge in [-0.15, -0.1) is 0 Å². The number of aromatic amines is 1. The number of aromatic nitrogens is 2. The summed E-state index contributed by atoms with van der Waals surface area (Å²) in [5, 5.41) is 25.6. The molecule has 14 heteroatoms. The average molecular weight is 551 g/mol. The van der Waals surface area contributed by atoms with Gasteiger partial charge in [-0.1, -0.05) is 36.4 Å². The molecule has 1 aliphatic heterocycles. The van der Waals surface area contributed by atoms with Crippen LogP contribution in [0.4, 0.5) is 0 Å². The van der Waals surface area contributed by atoms with Gasteiger partial charge in [0, 0.05) is 17.6 Å². The van der Waals surface area contributed by atoms with Crippen LogP contribution in [0.5, 0.6) is 5.75 Å². The lowest BCUT2D eigenvalue weighted by Gasteiger charge is -2.27. The largest absolute Gasteiger partial charge is 0.468 e. The number of benzene rings is 2. The third-order valence-corrected chi connectivity index (χ3v) is 7.63. The van der Waals surface area contributed by atoms with Crippen LogP contribution in [0.25, 0.3) is 10.8 Å². The van der Waals surface area contributed by atoms with Crippen LogP contribution >= 0.6 is 7.75 Å². The van der Waals surface area contributed by atoms with Gasteiger partial charge in [-0.05, 0) is 25.3 Å². The Balaban J connectivity index is 1.63. The average Bonchev–Trinajstić information content (AvgIpc) is 3.14. The molecule has 1 saturated heterocycles. The molecule has 0 bridgehead atoms. The molecule has 1 aliphatic rings. The van der Waals surface area contributed by atoms with Gasteiger partial charge in [-0.2, -0.15) is 5.09 Å². The van der Waals surface area contributed by atoms with E-state index in [4.69, 9.17) is 16.5 Å². The summed E-state index contributed by atoms with van der Waals surface area (Å²) >= 11 is 0. The monoisotopic (exact) mass is 551 g/mol. The number of nitrogens with one attached hydrogen (secondary N) is 2. The zero-order valence-corrected chi connectivity index (χ0v) is 21.5. The molecular weight excluding hydrogens is 521 g/mol. The Hall–Kier alpha value is -3.32. The van der Waals surface area contributed by atoms with Crippen molar-refractivity contribution in [2.24, 2.45) is 0 Å². The van der Waals surface area contributed by atoms with Crippen LogP contribution in [0, 0.1) is 0 Å². The molecule has 1 fully saturated rings. The summed E-state index contributed by atoms with van der Waals surface area (Å²) in [6.07, 6.45) is -5.77. The maximum Gasteiger partial charge on any atom is 0.459 e. The number of aliphatic hydroxyl groups excluding tert-OH is 1. The highest BCUT2D eigenvalue weighted by Crippen LogP contribution is 2.48. The van der Waals surface area contributed by atoms with Crippen molar-refractivity contribution in [2.75, 3.05) is 13.7 Å². The number of H-pyrrole nitrogens is 1. The first kappa shape index (κ1) is 25.0. The maximum atomic E-state index is 13.9. The van der Waals surface area contributed by atoms with E-state index in [1.54, 1.807) is 30.3 Å². The Kier molecular flexibility index (Phi) is 7.11. The zero-order chi connectivity index (χ0) is 29.4. The number of nitrogens with zero attached hydrogens (tertiary/aromatic N) is 1. The lowest BCUT2D eigenvalue weighted by Crippen LogP contribution is -2.47. The number of hydrogen-bond donors (Lipinski definition) is 4. The second-order valence-corrected chi connectivity index (χ2v) is 10.5. The zero-order valence-electron chi connectivity index (χ0n) is 22.6. The van der Waals surface area contributed by atoms with Crippen molar-refractivity contribution in [2.45, 2.75) is 43.9 Å². The standard InChI is InChI=1S/C24H28N3O10P/c1-14(21(30)34-3)26-38(33,37-17-10-6-8-15-7-4-5-9-16(15)17)35-13-18-20(29)24(2,32)22(36-18)27-12-11-19(28)25-23(27)31/h4-12,14,18,20,22,29,32H,13H2,1-3H3,(H,26,33)(H,25,28,31)/t14?,18-,20-,22-,24-,38?/m1/s1/i11D,12D. The van der Waals surface area contributed by atoms with Crippen molar-refractivity contribution in [3.8, 4) is 5.75 Å². The van der Waals surface area contributed by atoms with Crippen LogP contribution in [-0.2, 0) is 23.4 Å². The second kappa shape index (κ2) is 10.8. The van der Waals surface area contributed by atoms with Crippen LogP contribution in [0.2, 0.25) is 0 Å². The van der Waals surface area contributed by atoms with Crippen molar-refractivity contribution in [1.29, 1.82) is 0 Å². The van der Waals surface area contributed by atoms with Gasteiger partial charge < -0.3 is 24.2 Å². The molecule has 2 unspecified atom stereocenters. The molecule has 13 nitrogen and oxygen atoms in total. The van der Waals surface area contributed by atoms with Crippen molar-refractivity contribution in [3.05, 3.63) is 75.5 Å². The van der Waals surface area contributed by atoms with E-state index in [-0.39, 0.29) is 5.75 Å². The molecule has 6 atom stereocenters. The van der Waals surface area contributed by atoms with Crippen LogP contribution in [0.15, 0.2) is 64.3 Å². The summed E-state index contributed by atoms with van der Waals surface area (Å²) in [5.41, 5.74) is -4.48. The summed E-state index contributed by atoms with van der Waals surface area (Å²) in [6.45, 7) is 1.80. The lowest BCUT2D eigenvalue weighted by atomic mass is 9.96. The quantitative estimate of drug-likeness (QED) is 0.221. The van der Waals surface area contributed by atoms with E-state index in [9.17, 15) is 29.2 Å².